The molecule has 1 aromatic rings. The molecule has 1 fully saturated rings. The number of nitrogens with one attached hydrogen (secondary N) is 1. The second-order valence-electron chi connectivity index (χ2n) is 5.16. The Morgan fingerprint density at radius 2 is 2.14 bits per heavy atom. The third-order valence-electron chi connectivity index (χ3n) is 3.68. The molecule has 21 heavy (non-hydrogen) atoms. The van der Waals surface area contributed by atoms with Gasteiger partial charge in [0.15, 0.2) is 0 Å². The van der Waals surface area contributed by atoms with Crippen LogP contribution in [-0.2, 0) is 10.0 Å². The van der Waals surface area contributed by atoms with E-state index in [9.17, 15) is 8.42 Å². The monoisotopic (exact) mass is 313 g/mol. The SMILES string of the molecule is CCN(CCNS(=O)(=O)c1ccc(N)c(OC)c1)C1CC1. The number of likely N-dealkylation sites (N-methyl/N-ethyl adjacent to an activating group) is 1. The molecule has 0 bridgehead atoms. The second-order valence-corrected chi connectivity index (χ2v) is 6.93. The normalized spacial score (nSPS) is 15.4. The van der Waals surface area contributed by atoms with Gasteiger partial charge in [-0.3, -0.25) is 4.90 Å². The fourth-order valence-corrected chi connectivity index (χ4v) is 3.34. The molecular weight excluding hydrogens is 290 g/mol. The quantitative estimate of drug-likeness (QED) is 0.701. The predicted octanol–water partition coefficient (Wildman–Crippen LogP) is 1.04. The average Bonchev–Trinajstić information content (AvgIpc) is 3.28. The highest BCUT2D eigenvalue weighted by Gasteiger charge is 2.27. The van der Waals surface area contributed by atoms with E-state index in [1.54, 1.807) is 0 Å². The molecular formula is C14H23N3O3S. The van der Waals surface area contributed by atoms with Crippen molar-refractivity contribution in [2.75, 3.05) is 32.5 Å². The fourth-order valence-electron chi connectivity index (χ4n) is 2.30. The van der Waals surface area contributed by atoms with Crippen molar-refractivity contribution in [3.63, 3.8) is 0 Å². The van der Waals surface area contributed by atoms with Gasteiger partial charge in [-0.1, -0.05) is 6.92 Å². The minimum absolute atomic E-state index is 0.169. The van der Waals surface area contributed by atoms with E-state index in [1.807, 2.05) is 0 Å². The first-order valence-electron chi connectivity index (χ1n) is 7.15. The third kappa shape index (κ3) is 4.09. The molecule has 0 amide bonds. The zero-order valence-corrected chi connectivity index (χ0v) is 13.3. The Morgan fingerprint density at radius 3 is 2.71 bits per heavy atom. The van der Waals surface area contributed by atoms with Crippen LogP contribution in [0.4, 0.5) is 5.69 Å². The van der Waals surface area contributed by atoms with Gasteiger partial charge >= 0.3 is 0 Å². The predicted molar refractivity (Wildman–Crippen MR) is 82.9 cm³/mol. The summed E-state index contributed by atoms with van der Waals surface area (Å²) in [7, 11) is -2.07. The number of benzene rings is 1. The van der Waals surface area contributed by atoms with Gasteiger partial charge in [-0.15, -0.1) is 0 Å². The number of hydrogen-bond donors (Lipinski definition) is 2. The second kappa shape index (κ2) is 6.64. The van der Waals surface area contributed by atoms with E-state index >= 15 is 0 Å². The lowest BCUT2D eigenvalue weighted by molar-refractivity contribution is 0.282. The molecule has 1 aromatic carbocycles. The molecule has 0 radical (unpaired) electrons. The van der Waals surface area contributed by atoms with Crippen LogP contribution in [0.5, 0.6) is 5.75 Å². The fraction of sp³-hybridized carbons (Fsp3) is 0.571. The largest absolute Gasteiger partial charge is 0.495 e. The van der Waals surface area contributed by atoms with Gasteiger partial charge in [-0.2, -0.15) is 0 Å². The van der Waals surface area contributed by atoms with Crippen molar-refractivity contribution in [3.05, 3.63) is 18.2 Å². The molecule has 0 spiro atoms. The van der Waals surface area contributed by atoms with Gasteiger partial charge in [0.1, 0.15) is 5.75 Å². The van der Waals surface area contributed by atoms with E-state index in [0.29, 0.717) is 24.0 Å². The lowest BCUT2D eigenvalue weighted by Crippen LogP contribution is -2.36. The van der Waals surface area contributed by atoms with Crippen LogP contribution < -0.4 is 15.2 Å². The molecule has 1 saturated carbocycles. The summed E-state index contributed by atoms with van der Waals surface area (Å²) in [6.45, 7) is 4.17. The molecule has 0 aliphatic heterocycles. The van der Waals surface area contributed by atoms with Gasteiger partial charge in [0.05, 0.1) is 17.7 Å². The molecule has 6 nitrogen and oxygen atoms in total. The summed E-state index contributed by atoms with van der Waals surface area (Å²) in [5.74, 6) is 0.367. The molecule has 0 unspecified atom stereocenters. The van der Waals surface area contributed by atoms with Gasteiger partial charge in [0.25, 0.3) is 0 Å². The average molecular weight is 313 g/mol. The maximum atomic E-state index is 12.2. The highest BCUT2D eigenvalue weighted by Crippen LogP contribution is 2.26. The van der Waals surface area contributed by atoms with Gasteiger partial charge < -0.3 is 10.5 Å². The molecule has 118 valence electrons. The lowest BCUT2D eigenvalue weighted by atomic mass is 10.3. The van der Waals surface area contributed by atoms with Gasteiger partial charge in [0.2, 0.25) is 10.0 Å². The number of anilines is 1. The Balaban J connectivity index is 1.97. The highest BCUT2D eigenvalue weighted by molar-refractivity contribution is 7.89. The summed E-state index contributed by atoms with van der Waals surface area (Å²) in [6.07, 6.45) is 2.44. The molecule has 0 aromatic heterocycles. The van der Waals surface area contributed by atoms with Crippen molar-refractivity contribution in [1.82, 2.24) is 9.62 Å². The Morgan fingerprint density at radius 1 is 1.43 bits per heavy atom. The number of nitrogens with two attached hydrogens (primary N) is 1. The number of nitrogens with zero attached hydrogens (tertiary/aromatic N) is 1. The zero-order chi connectivity index (χ0) is 15.5. The minimum Gasteiger partial charge on any atom is -0.495 e. The van der Waals surface area contributed by atoms with Crippen LogP contribution in [0.1, 0.15) is 19.8 Å². The van der Waals surface area contributed by atoms with Crippen molar-refractivity contribution in [1.29, 1.82) is 0 Å². The van der Waals surface area contributed by atoms with Crippen molar-refractivity contribution < 1.29 is 13.2 Å². The van der Waals surface area contributed by atoms with E-state index in [4.69, 9.17) is 10.5 Å². The van der Waals surface area contributed by atoms with E-state index in [-0.39, 0.29) is 4.90 Å². The lowest BCUT2D eigenvalue weighted by Gasteiger charge is -2.19. The number of hydrogen-bond acceptors (Lipinski definition) is 5. The van der Waals surface area contributed by atoms with Crippen molar-refractivity contribution in [3.8, 4) is 5.75 Å². The summed E-state index contributed by atoms with van der Waals surface area (Å²) in [4.78, 5) is 2.47. The number of nitrogen functional groups attached to an aromatic ring is 1. The Kier molecular flexibility index (Phi) is 5.08. The molecule has 0 heterocycles. The Bertz CT molecular complexity index is 585. The summed E-state index contributed by atoms with van der Waals surface area (Å²) < 4.78 is 32.2. The molecule has 1 aliphatic rings. The molecule has 7 heteroatoms. The summed E-state index contributed by atoms with van der Waals surface area (Å²) in [6, 6.07) is 5.10. The summed E-state index contributed by atoms with van der Waals surface area (Å²) in [5.41, 5.74) is 6.11. The van der Waals surface area contributed by atoms with E-state index in [2.05, 4.69) is 16.5 Å². The summed E-state index contributed by atoms with van der Waals surface area (Å²) >= 11 is 0. The van der Waals surface area contributed by atoms with Crippen LogP contribution in [0, 0.1) is 0 Å². The minimum atomic E-state index is -3.53. The van der Waals surface area contributed by atoms with Gasteiger partial charge in [-0.05, 0) is 31.5 Å². The van der Waals surface area contributed by atoms with Crippen LogP contribution >= 0.6 is 0 Å². The van der Waals surface area contributed by atoms with Crippen molar-refractivity contribution in [2.24, 2.45) is 0 Å². The Hall–Kier alpha value is -1.31. The van der Waals surface area contributed by atoms with E-state index in [1.165, 1.54) is 38.2 Å². The molecule has 0 saturated heterocycles. The van der Waals surface area contributed by atoms with Crippen molar-refractivity contribution in [2.45, 2.75) is 30.7 Å². The number of rotatable bonds is 8. The third-order valence-corrected chi connectivity index (χ3v) is 5.13. The molecule has 1 aliphatic carbocycles. The number of sulfonamides is 1. The topological polar surface area (TPSA) is 84.7 Å². The van der Waals surface area contributed by atoms with Crippen LogP contribution in [0.25, 0.3) is 0 Å². The first kappa shape index (κ1) is 16.1. The van der Waals surface area contributed by atoms with E-state index in [0.717, 1.165) is 13.1 Å². The summed E-state index contributed by atoms with van der Waals surface area (Å²) in [5, 5.41) is 0. The van der Waals surface area contributed by atoms with Gasteiger partial charge in [-0.25, -0.2) is 13.1 Å². The molecule has 0 atom stereocenters. The zero-order valence-electron chi connectivity index (χ0n) is 12.5. The van der Waals surface area contributed by atoms with Crippen LogP contribution in [0.3, 0.4) is 0 Å². The Labute approximate surface area is 126 Å². The van der Waals surface area contributed by atoms with Crippen LogP contribution in [-0.4, -0.2) is 46.1 Å². The van der Waals surface area contributed by atoms with Crippen molar-refractivity contribution >= 4 is 15.7 Å². The molecule has 2 rings (SSSR count). The van der Waals surface area contributed by atoms with Gasteiger partial charge in [0, 0.05) is 25.2 Å². The van der Waals surface area contributed by atoms with E-state index < -0.39 is 10.0 Å². The first-order valence-corrected chi connectivity index (χ1v) is 8.63. The maximum absolute atomic E-state index is 12.2. The first-order chi connectivity index (χ1) is 9.97. The highest BCUT2D eigenvalue weighted by atomic mass is 32.2. The smallest absolute Gasteiger partial charge is 0.240 e. The maximum Gasteiger partial charge on any atom is 0.240 e. The standard InChI is InChI=1S/C14H23N3O3S/c1-3-17(11-4-5-11)9-8-16-21(18,19)12-6-7-13(15)14(10-12)20-2/h6-7,10-11,16H,3-5,8-9,15H2,1-2H3. The number of ether oxygens (including phenoxy) is 1. The van der Waals surface area contributed by atoms with Crippen LogP contribution in [0.2, 0.25) is 0 Å². The number of methoxy groups -OCH3 is 1. The molecule has 3 N–H and O–H groups in total. The van der Waals surface area contributed by atoms with Crippen LogP contribution in [0.15, 0.2) is 23.1 Å².